The highest BCUT2D eigenvalue weighted by Crippen LogP contribution is 2.15. The average molecular weight is 223 g/mol. The zero-order chi connectivity index (χ0) is 10.8. The third kappa shape index (κ3) is 2.21. The molecule has 2 heterocycles. The van der Waals surface area contributed by atoms with E-state index in [1.807, 2.05) is 6.92 Å². The lowest BCUT2D eigenvalue weighted by molar-refractivity contribution is 0.0995. The Morgan fingerprint density at radius 3 is 2.73 bits per heavy atom. The van der Waals surface area contributed by atoms with Gasteiger partial charge in [-0.05, 0) is 26.0 Å². The van der Waals surface area contributed by atoms with Gasteiger partial charge in [-0.25, -0.2) is 0 Å². The first kappa shape index (κ1) is 9.85. The molecule has 0 aliphatic carbocycles. The first-order valence-electron chi connectivity index (χ1n) is 4.33. The highest BCUT2D eigenvalue weighted by atomic mass is 32.1. The number of aromatic nitrogens is 2. The van der Waals surface area contributed by atoms with Gasteiger partial charge in [0.25, 0.3) is 5.91 Å². The van der Waals surface area contributed by atoms with E-state index in [0.29, 0.717) is 10.9 Å². The van der Waals surface area contributed by atoms with Crippen molar-refractivity contribution < 1.29 is 9.21 Å². The summed E-state index contributed by atoms with van der Waals surface area (Å²) in [4.78, 5) is 11.6. The van der Waals surface area contributed by atoms with Crippen LogP contribution in [-0.2, 0) is 0 Å². The summed E-state index contributed by atoms with van der Waals surface area (Å²) in [7, 11) is 0. The highest BCUT2D eigenvalue weighted by molar-refractivity contribution is 7.15. The summed E-state index contributed by atoms with van der Waals surface area (Å²) in [6, 6.07) is 3.36. The van der Waals surface area contributed by atoms with Crippen molar-refractivity contribution in [3.8, 4) is 0 Å². The average Bonchev–Trinajstić information content (AvgIpc) is 2.75. The summed E-state index contributed by atoms with van der Waals surface area (Å²) in [5.74, 6) is 0.674. The number of rotatable bonds is 2. The zero-order valence-electron chi connectivity index (χ0n) is 8.27. The number of hydrogen-bond donors (Lipinski definition) is 1. The molecule has 5 nitrogen and oxygen atoms in total. The number of hydrogen-bond acceptors (Lipinski definition) is 5. The molecule has 0 aromatic carbocycles. The van der Waals surface area contributed by atoms with Gasteiger partial charge in [0.2, 0.25) is 5.13 Å². The zero-order valence-corrected chi connectivity index (χ0v) is 9.09. The van der Waals surface area contributed by atoms with Crippen LogP contribution in [0.4, 0.5) is 5.13 Å². The van der Waals surface area contributed by atoms with Gasteiger partial charge in [-0.15, -0.1) is 10.2 Å². The van der Waals surface area contributed by atoms with Gasteiger partial charge in [0.05, 0.1) is 0 Å². The second-order valence-electron chi connectivity index (χ2n) is 2.99. The van der Waals surface area contributed by atoms with Crippen LogP contribution >= 0.6 is 11.3 Å². The van der Waals surface area contributed by atoms with E-state index in [9.17, 15) is 4.79 Å². The number of carbonyl (C=O) groups excluding carboxylic acids is 1. The number of nitrogens with one attached hydrogen (secondary N) is 1. The lowest BCUT2D eigenvalue weighted by atomic mass is 10.4. The van der Waals surface area contributed by atoms with Crippen molar-refractivity contribution in [1.29, 1.82) is 0 Å². The second-order valence-corrected chi connectivity index (χ2v) is 4.17. The van der Waals surface area contributed by atoms with Crippen LogP contribution in [0, 0.1) is 13.8 Å². The molecule has 0 aliphatic rings. The summed E-state index contributed by atoms with van der Waals surface area (Å²) >= 11 is 1.32. The van der Waals surface area contributed by atoms with Gasteiger partial charge >= 0.3 is 0 Å². The number of nitrogens with zero attached hydrogens (tertiary/aromatic N) is 2. The van der Waals surface area contributed by atoms with Crippen molar-refractivity contribution in [2.75, 3.05) is 5.32 Å². The van der Waals surface area contributed by atoms with Crippen molar-refractivity contribution in [3.05, 3.63) is 28.7 Å². The molecule has 0 fully saturated rings. The lowest BCUT2D eigenvalue weighted by Gasteiger charge is -1.95. The summed E-state index contributed by atoms with van der Waals surface area (Å²) in [5.41, 5.74) is 0. The van der Waals surface area contributed by atoms with Crippen LogP contribution in [0.3, 0.4) is 0 Å². The molecule has 78 valence electrons. The fourth-order valence-electron chi connectivity index (χ4n) is 1.06. The molecule has 2 aromatic rings. The van der Waals surface area contributed by atoms with Gasteiger partial charge in [0, 0.05) is 0 Å². The minimum absolute atomic E-state index is 0.278. The molecule has 2 rings (SSSR count). The van der Waals surface area contributed by atoms with E-state index in [1.54, 1.807) is 19.1 Å². The van der Waals surface area contributed by atoms with E-state index in [2.05, 4.69) is 15.5 Å². The van der Waals surface area contributed by atoms with Crippen molar-refractivity contribution in [2.45, 2.75) is 13.8 Å². The maximum Gasteiger partial charge on any atom is 0.293 e. The Morgan fingerprint density at radius 1 is 1.40 bits per heavy atom. The predicted octanol–water partition coefficient (Wildman–Crippen LogP) is 2.00. The molecule has 6 heteroatoms. The van der Waals surface area contributed by atoms with Gasteiger partial charge in [0.1, 0.15) is 10.8 Å². The molecule has 0 saturated heterocycles. The molecule has 0 radical (unpaired) electrons. The molecule has 0 bridgehead atoms. The van der Waals surface area contributed by atoms with Crippen LogP contribution in [-0.4, -0.2) is 16.1 Å². The van der Waals surface area contributed by atoms with Crippen LogP contribution in [0.25, 0.3) is 0 Å². The largest absolute Gasteiger partial charge is 0.456 e. The lowest BCUT2D eigenvalue weighted by Crippen LogP contribution is -2.10. The van der Waals surface area contributed by atoms with E-state index in [1.165, 1.54) is 11.3 Å². The second kappa shape index (κ2) is 3.82. The first-order valence-corrected chi connectivity index (χ1v) is 5.15. The van der Waals surface area contributed by atoms with Gasteiger partial charge in [-0.2, -0.15) is 0 Å². The molecule has 1 N–H and O–H groups in total. The van der Waals surface area contributed by atoms with Crippen molar-refractivity contribution in [1.82, 2.24) is 10.2 Å². The number of amides is 1. The quantitative estimate of drug-likeness (QED) is 0.845. The minimum atomic E-state index is -0.306. The highest BCUT2D eigenvalue weighted by Gasteiger charge is 2.11. The molecule has 0 spiro atoms. The predicted molar refractivity (Wildman–Crippen MR) is 56.0 cm³/mol. The van der Waals surface area contributed by atoms with E-state index in [0.717, 1.165) is 5.01 Å². The van der Waals surface area contributed by atoms with E-state index in [-0.39, 0.29) is 11.7 Å². The van der Waals surface area contributed by atoms with Crippen LogP contribution in [0.2, 0.25) is 0 Å². The van der Waals surface area contributed by atoms with Crippen molar-refractivity contribution in [3.63, 3.8) is 0 Å². The standard InChI is InChI=1S/C9H9N3O2S/c1-5-3-4-7(14-5)8(13)10-9-12-11-6(2)15-9/h3-4H,1-2H3,(H,10,12,13). The molecular weight excluding hydrogens is 214 g/mol. The first-order chi connectivity index (χ1) is 7.15. The van der Waals surface area contributed by atoms with Crippen molar-refractivity contribution >= 4 is 22.4 Å². The fourth-order valence-corrected chi connectivity index (χ4v) is 1.65. The normalized spacial score (nSPS) is 10.3. The SMILES string of the molecule is Cc1ccc(C(=O)Nc2nnc(C)s2)o1. The smallest absolute Gasteiger partial charge is 0.293 e. The van der Waals surface area contributed by atoms with Crippen LogP contribution in [0.5, 0.6) is 0 Å². The molecular formula is C9H9N3O2S. The summed E-state index contributed by atoms with van der Waals surface area (Å²) < 4.78 is 5.17. The van der Waals surface area contributed by atoms with E-state index in [4.69, 9.17) is 4.42 Å². The van der Waals surface area contributed by atoms with Gasteiger partial charge in [-0.3, -0.25) is 10.1 Å². The van der Waals surface area contributed by atoms with Crippen molar-refractivity contribution in [2.24, 2.45) is 0 Å². The molecule has 2 aromatic heterocycles. The molecule has 1 amide bonds. The monoisotopic (exact) mass is 223 g/mol. The Kier molecular flexibility index (Phi) is 2.51. The van der Waals surface area contributed by atoms with Crippen LogP contribution < -0.4 is 5.32 Å². The number of aryl methyl sites for hydroxylation is 2. The Labute approximate surface area is 90.1 Å². The Hall–Kier alpha value is -1.69. The van der Waals surface area contributed by atoms with Gasteiger partial charge < -0.3 is 4.42 Å². The van der Waals surface area contributed by atoms with E-state index < -0.39 is 0 Å². The maximum absolute atomic E-state index is 11.6. The maximum atomic E-state index is 11.6. The fraction of sp³-hybridized carbons (Fsp3) is 0.222. The van der Waals surface area contributed by atoms with E-state index >= 15 is 0 Å². The third-order valence-corrected chi connectivity index (χ3v) is 2.46. The number of carbonyl (C=O) groups is 1. The van der Waals surface area contributed by atoms with Gasteiger partial charge in [-0.1, -0.05) is 11.3 Å². The minimum Gasteiger partial charge on any atom is -0.456 e. The third-order valence-electron chi connectivity index (χ3n) is 1.71. The van der Waals surface area contributed by atoms with Crippen LogP contribution in [0.15, 0.2) is 16.5 Å². The summed E-state index contributed by atoms with van der Waals surface area (Å²) in [5, 5.41) is 11.5. The topological polar surface area (TPSA) is 68.0 Å². The number of furan rings is 1. The van der Waals surface area contributed by atoms with Crippen LogP contribution in [0.1, 0.15) is 21.3 Å². The molecule has 0 unspecified atom stereocenters. The molecule has 0 saturated carbocycles. The van der Waals surface area contributed by atoms with Gasteiger partial charge in [0.15, 0.2) is 5.76 Å². The molecule has 0 aliphatic heterocycles. The Bertz CT molecular complexity index is 489. The summed E-state index contributed by atoms with van der Waals surface area (Å²) in [6.07, 6.45) is 0. The number of anilines is 1. The molecule has 15 heavy (non-hydrogen) atoms. The summed E-state index contributed by atoms with van der Waals surface area (Å²) in [6.45, 7) is 3.61. The Balaban J connectivity index is 2.10. The molecule has 0 atom stereocenters. The Morgan fingerprint density at radius 2 is 2.20 bits per heavy atom.